The highest BCUT2D eigenvalue weighted by molar-refractivity contribution is 6.00. The van der Waals surface area contributed by atoms with Crippen LogP contribution in [0.5, 0.6) is 0 Å². The highest BCUT2D eigenvalue weighted by atomic mass is 16.1. The summed E-state index contributed by atoms with van der Waals surface area (Å²) in [6, 6.07) is 19.4. The number of benzene rings is 2. The maximum atomic E-state index is 12.7. The Morgan fingerprint density at radius 1 is 1.00 bits per heavy atom. The number of nitrogens with one attached hydrogen (secondary N) is 3. The first-order valence-corrected chi connectivity index (χ1v) is 11.5. The Hall–Kier alpha value is -3.93. The molecule has 3 N–H and O–H groups in total. The summed E-state index contributed by atoms with van der Waals surface area (Å²) in [4.78, 5) is 17.0. The number of carbonyl (C=O) groups excluding carboxylic acids is 1. The van der Waals surface area contributed by atoms with Gasteiger partial charge in [0.05, 0.1) is 28.2 Å². The van der Waals surface area contributed by atoms with Gasteiger partial charge < -0.3 is 10.6 Å². The van der Waals surface area contributed by atoms with E-state index in [4.69, 9.17) is 0 Å². The normalized spacial score (nSPS) is 11.2. The van der Waals surface area contributed by atoms with Crippen LogP contribution in [0.25, 0.3) is 23.1 Å². The van der Waals surface area contributed by atoms with E-state index in [2.05, 4.69) is 32.7 Å². The van der Waals surface area contributed by atoms with E-state index in [1.54, 1.807) is 6.20 Å². The average Bonchev–Trinajstić information content (AvgIpc) is 3.25. The zero-order valence-corrected chi connectivity index (χ0v) is 18.8. The van der Waals surface area contributed by atoms with Crippen LogP contribution in [0.15, 0.2) is 66.9 Å². The molecule has 0 unspecified atom stereocenters. The Balaban J connectivity index is 1.46. The smallest absolute Gasteiger partial charge is 0.253 e. The number of pyridine rings is 1. The molecule has 2 aromatic heterocycles. The van der Waals surface area contributed by atoms with Crippen LogP contribution in [0.1, 0.15) is 54.4 Å². The van der Waals surface area contributed by atoms with Crippen LogP contribution in [0.4, 0.5) is 11.4 Å². The number of para-hydroxylation sites is 1. The predicted molar refractivity (Wildman–Crippen MR) is 135 cm³/mol. The van der Waals surface area contributed by atoms with Gasteiger partial charge in [-0.25, -0.2) is 0 Å². The lowest BCUT2D eigenvalue weighted by Gasteiger charge is -2.12. The molecule has 0 aliphatic heterocycles. The fourth-order valence-corrected chi connectivity index (χ4v) is 3.68. The van der Waals surface area contributed by atoms with Crippen LogP contribution in [0.2, 0.25) is 0 Å². The Bertz CT molecular complexity index is 1230. The van der Waals surface area contributed by atoms with Gasteiger partial charge in [0.2, 0.25) is 0 Å². The second kappa shape index (κ2) is 11.1. The highest BCUT2D eigenvalue weighted by Gasteiger charge is 2.11. The molecule has 0 saturated carbocycles. The summed E-state index contributed by atoms with van der Waals surface area (Å²) >= 11 is 0. The van der Waals surface area contributed by atoms with E-state index in [1.165, 1.54) is 12.8 Å². The maximum absolute atomic E-state index is 12.7. The van der Waals surface area contributed by atoms with E-state index in [-0.39, 0.29) is 5.91 Å². The number of H-pyrrole nitrogens is 1. The monoisotopic (exact) mass is 439 g/mol. The molecule has 4 aromatic rings. The number of nitrogens with zero attached hydrogens (tertiary/aromatic N) is 2. The summed E-state index contributed by atoms with van der Waals surface area (Å²) in [5.74, 6) is -0.0563. The Morgan fingerprint density at radius 2 is 1.88 bits per heavy atom. The van der Waals surface area contributed by atoms with Crippen LogP contribution < -0.4 is 10.6 Å². The van der Waals surface area contributed by atoms with Crippen LogP contribution in [0, 0.1) is 0 Å². The molecule has 2 aromatic carbocycles. The van der Waals surface area contributed by atoms with E-state index >= 15 is 0 Å². The molecule has 2 heterocycles. The molecule has 0 fully saturated rings. The number of carbonyl (C=O) groups is 1. The number of aromatic nitrogens is 3. The Labute approximate surface area is 194 Å². The Morgan fingerprint density at radius 3 is 2.73 bits per heavy atom. The minimum Gasteiger partial charge on any atom is -0.355 e. The van der Waals surface area contributed by atoms with Gasteiger partial charge >= 0.3 is 0 Å². The Kier molecular flexibility index (Phi) is 7.48. The average molecular weight is 440 g/mol. The number of rotatable bonds is 10. The number of anilines is 2. The van der Waals surface area contributed by atoms with Gasteiger partial charge in [0.1, 0.15) is 0 Å². The minimum atomic E-state index is -0.0563. The summed E-state index contributed by atoms with van der Waals surface area (Å²) in [7, 11) is 0. The highest BCUT2D eigenvalue weighted by Crippen LogP contribution is 2.26. The molecular weight excluding hydrogens is 410 g/mol. The number of unbranched alkanes of at least 4 members (excludes halogenated alkanes) is 3. The maximum Gasteiger partial charge on any atom is 0.253 e. The SMILES string of the molecule is CCCCCCNC(=O)c1ccccc1Nc1ccc2c(/C=C/c3ccccn3)n[nH]c2c1. The van der Waals surface area contributed by atoms with E-state index < -0.39 is 0 Å². The van der Waals surface area contributed by atoms with Gasteiger partial charge in [0.25, 0.3) is 5.91 Å². The fourth-order valence-electron chi connectivity index (χ4n) is 3.68. The molecule has 4 rings (SSSR count). The topological polar surface area (TPSA) is 82.7 Å². The predicted octanol–water partition coefficient (Wildman–Crippen LogP) is 6.18. The third kappa shape index (κ3) is 5.86. The lowest BCUT2D eigenvalue weighted by Crippen LogP contribution is -2.25. The molecule has 6 nitrogen and oxygen atoms in total. The van der Waals surface area contributed by atoms with Crippen molar-refractivity contribution in [2.75, 3.05) is 11.9 Å². The summed E-state index contributed by atoms with van der Waals surface area (Å²) in [6.45, 7) is 2.88. The van der Waals surface area contributed by atoms with Crippen molar-refractivity contribution in [1.29, 1.82) is 0 Å². The van der Waals surface area contributed by atoms with E-state index in [0.29, 0.717) is 12.1 Å². The molecule has 168 valence electrons. The minimum absolute atomic E-state index is 0.0563. The summed E-state index contributed by atoms with van der Waals surface area (Å²) in [6.07, 6.45) is 10.2. The number of hydrogen-bond acceptors (Lipinski definition) is 4. The van der Waals surface area contributed by atoms with Crippen molar-refractivity contribution >= 4 is 40.3 Å². The molecule has 0 atom stereocenters. The van der Waals surface area contributed by atoms with Gasteiger partial charge in [-0.3, -0.25) is 14.9 Å². The number of amides is 1. The fraction of sp³-hybridized carbons (Fsp3) is 0.222. The molecule has 0 bridgehead atoms. The van der Waals surface area contributed by atoms with Crippen molar-refractivity contribution in [1.82, 2.24) is 20.5 Å². The van der Waals surface area contributed by atoms with E-state index in [0.717, 1.165) is 46.5 Å². The quantitative estimate of drug-likeness (QED) is 0.258. The molecule has 0 aliphatic carbocycles. The van der Waals surface area contributed by atoms with Crippen molar-refractivity contribution in [2.45, 2.75) is 32.6 Å². The first kappa shape index (κ1) is 22.3. The van der Waals surface area contributed by atoms with Gasteiger partial charge in [-0.2, -0.15) is 5.10 Å². The number of hydrogen-bond donors (Lipinski definition) is 3. The van der Waals surface area contributed by atoms with Crippen molar-refractivity contribution in [3.63, 3.8) is 0 Å². The molecule has 0 radical (unpaired) electrons. The van der Waals surface area contributed by atoms with Crippen LogP contribution in [-0.4, -0.2) is 27.6 Å². The van der Waals surface area contributed by atoms with Gasteiger partial charge in [0, 0.05) is 23.8 Å². The molecule has 1 amide bonds. The van der Waals surface area contributed by atoms with E-state index in [1.807, 2.05) is 72.8 Å². The van der Waals surface area contributed by atoms with Gasteiger partial charge in [-0.15, -0.1) is 0 Å². The first-order valence-electron chi connectivity index (χ1n) is 11.5. The van der Waals surface area contributed by atoms with Crippen LogP contribution in [-0.2, 0) is 0 Å². The van der Waals surface area contributed by atoms with Crippen molar-refractivity contribution in [3.8, 4) is 0 Å². The standard InChI is InChI=1S/C27H29N5O/c1-2-3-4-8-18-29-27(33)23-11-5-6-12-24(23)30-21-13-15-22-25(31-32-26(22)19-21)16-14-20-10-7-9-17-28-20/h5-7,9-17,19,30H,2-4,8,18H2,1H3,(H,29,33)(H,31,32)/b16-14+. The summed E-state index contributed by atoms with van der Waals surface area (Å²) in [5, 5.41) is 15.0. The molecule has 6 heteroatoms. The second-order valence-electron chi connectivity index (χ2n) is 7.94. The van der Waals surface area contributed by atoms with Crippen LogP contribution in [0.3, 0.4) is 0 Å². The van der Waals surface area contributed by atoms with Crippen molar-refractivity contribution in [2.24, 2.45) is 0 Å². The summed E-state index contributed by atoms with van der Waals surface area (Å²) < 4.78 is 0. The third-order valence-electron chi connectivity index (χ3n) is 5.46. The van der Waals surface area contributed by atoms with Gasteiger partial charge in [-0.1, -0.05) is 44.4 Å². The first-order chi connectivity index (χ1) is 16.2. The zero-order valence-electron chi connectivity index (χ0n) is 18.8. The molecule has 33 heavy (non-hydrogen) atoms. The zero-order chi connectivity index (χ0) is 22.9. The molecule has 0 aliphatic rings. The molecular formula is C27H29N5O. The van der Waals surface area contributed by atoms with Crippen molar-refractivity contribution < 1.29 is 4.79 Å². The largest absolute Gasteiger partial charge is 0.355 e. The second-order valence-corrected chi connectivity index (χ2v) is 7.94. The third-order valence-corrected chi connectivity index (χ3v) is 5.46. The number of fused-ring (bicyclic) bond motifs is 1. The van der Waals surface area contributed by atoms with E-state index in [9.17, 15) is 4.79 Å². The molecule has 0 spiro atoms. The number of aromatic amines is 1. The lowest BCUT2D eigenvalue weighted by molar-refractivity contribution is 0.0954. The van der Waals surface area contributed by atoms with Gasteiger partial charge in [-0.05, 0) is 61.0 Å². The lowest BCUT2D eigenvalue weighted by atomic mass is 10.1. The summed E-state index contributed by atoms with van der Waals surface area (Å²) in [5.41, 5.74) is 4.94. The molecule has 0 saturated heterocycles. The van der Waals surface area contributed by atoms with Crippen molar-refractivity contribution in [3.05, 3.63) is 83.8 Å². The van der Waals surface area contributed by atoms with Crippen LogP contribution >= 0.6 is 0 Å². The van der Waals surface area contributed by atoms with Gasteiger partial charge in [0.15, 0.2) is 0 Å².